The van der Waals surface area contributed by atoms with E-state index >= 15 is 0 Å². The van der Waals surface area contributed by atoms with Crippen LogP contribution >= 0.6 is 15.9 Å². The number of halogens is 1. The van der Waals surface area contributed by atoms with Gasteiger partial charge >= 0.3 is 0 Å². The van der Waals surface area contributed by atoms with Crippen molar-refractivity contribution in [3.8, 4) is 17.2 Å². The molecular weight excluding hydrogens is 424 g/mol. The Bertz CT molecular complexity index is 917. The number of nitrogens with one attached hydrogen (secondary N) is 1. The van der Waals surface area contributed by atoms with Crippen LogP contribution in [0.15, 0.2) is 71.5 Å². The fourth-order valence-corrected chi connectivity index (χ4v) is 2.65. The Kier molecular flexibility index (Phi) is 6.86. The van der Waals surface area contributed by atoms with Gasteiger partial charge in [-0.2, -0.15) is 0 Å². The molecule has 0 atom stereocenters. The topological polar surface area (TPSA) is 69.7 Å². The molecule has 0 fully saturated rings. The van der Waals surface area contributed by atoms with Gasteiger partial charge in [-0.05, 0) is 54.1 Å². The van der Waals surface area contributed by atoms with E-state index < -0.39 is 0 Å². The molecule has 0 saturated heterocycles. The maximum atomic E-state index is 12.2. The van der Waals surface area contributed by atoms with Crippen LogP contribution in [0.5, 0.6) is 17.2 Å². The Balaban J connectivity index is 1.60. The number of carbonyl (C=O) groups excluding carboxylic acids is 1. The number of aromatic nitrogens is 1. The molecule has 28 heavy (non-hydrogen) atoms. The molecule has 1 N–H and O–H groups in total. The summed E-state index contributed by atoms with van der Waals surface area (Å²) in [6.07, 6.45) is 3.41. The average Bonchev–Trinajstić information content (AvgIpc) is 2.73. The van der Waals surface area contributed by atoms with E-state index in [9.17, 15) is 4.79 Å². The van der Waals surface area contributed by atoms with Crippen LogP contribution in [0.2, 0.25) is 0 Å². The van der Waals surface area contributed by atoms with Gasteiger partial charge < -0.3 is 19.5 Å². The zero-order chi connectivity index (χ0) is 19.8. The first-order valence-electron chi connectivity index (χ1n) is 8.52. The first-order valence-corrected chi connectivity index (χ1v) is 9.31. The number of methoxy groups -OCH3 is 1. The minimum absolute atomic E-state index is 0.0964. The molecule has 1 aromatic heterocycles. The van der Waals surface area contributed by atoms with Crippen molar-refractivity contribution in [2.45, 2.75) is 6.61 Å². The lowest BCUT2D eigenvalue weighted by molar-refractivity contribution is -0.118. The zero-order valence-corrected chi connectivity index (χ0v) is 16.8. The van der Waals surface area contributed by atoms with Gasteiger partial charge in [-0.3, -0.25) is 9.78 Å². The molecule has 0 aliphatic carbocycles. The molecule has 1 heterocycles. The number of hydrogen-bond donors (Lipinski definition) is 1. The van der Waals surface area contributed by atoms with Crippen molar-refractivity contribution in [1.82, 2.24) is 4.98 Å². The summed E-state index contributed by atoms with van der Waals surface area (Å²) in [5, 5.41) is 2.79. The summed E-state index contributed by atoms with van der Waals surface area (Å²) in [6.45, 7) is 0.268. The predicted octanol–water partition coefficient (Wildman–Crippen LogP) is 4.45. The van der Waals surface area contributed by atoms with E-state index in [1.807, 2.05) is 24.3 Å². The number of carbonyl (C=O) groups is 1. The highest BCUT2D eigenvalue weighted by Gasteiger charge is 2.09. The van der Waals surface area contributed by atoms with Crippen molar-refractivity contribution in [2.24, 2.45) is 0 Å². The number of amides is 1. The van der Waals surface area contributed by atoms with E-state index in [1.165, 1.54) is 0 Å². The first kappa shape index (κ1) is 19.7. The predicted molar refractivity (Wildman–Crippen MR) is 110 cm³/mol. The van der Waals surface area contributed by atoms with Crippen LogP contribution in [0.4, 0.5) is 5.69 Å². The Labute approximate surface area is 171 Å². The Morgan fingerprint density at radius 2 is 1.75 bits per heavy atom. The molecule has 0 aliphatic rings. The number of rotatable bonds is 8. The quantitative estimate of drug-likeness (QED) is 0.557. The molecule has 0 radical (unpaired) electrons. The molecule has 0 bridgehead atoms. The fourth-order valence-electron chi connectivity index (χ4n) is 2.38. The summed E-state index contributed by atoms with van der Waals surface area (Å²) < 4.78 is 17.6. The summed E-state index contributed by atoms with van der Waals surface area (Å²) >= 11 is 3.36. The lowest BCUT2D eigenvalue weighted by Gasteiger charge is -2.13. The summed E-state index contributed by atoms with van der Waals surface area (Å²) in [5.74, 6) is 1.46. The van der Waals surface area contributed by atoms with Crippen molar-refractivity contribution >= 4 is 27.5 Å². The molecule has 3 aromatic rings. The number of pyridine rings is 1. The number of hydrogen-bond acceptors (Lipinski definition) is 5. The smallest absolute Gasteiger partial charge is 0.262 e. The van der Waals surface area contributed by atoms with Crippen LogP contribution in [0.1, 0.15) is 5.56 Å². The van der Waals surface area contributed by atoms with E-state index in [0.717, 1.165) is 10.0 Å². The van der Waals surface area contributed by atoms with Crippen molar-refractivity contribution in [3.05, 3.63) is 77.0 Å². The Morgan fingerprint density at radius 1 is 1.00 bits per heavy atom. The van der Waals surface area contributed by atoms with Crippen molar-refractivity contribution < 1.29 is 19.0 Å². The lowest BCUT2D eigenvalue weighted by Crippen LogP contribution is -2.20. The Hall–Kier alpha value is -3.06. The summed E-state index contributed by atoms with van der Waals surface area (Å²) in [5.41, 5.74) is 1.57. The van der Waals surface area contributed by atoms with Crippen LogP contribution in [0.3, 0.4) is 0 Å². The molecule has 0 saturated carbocycles. The van der Waals surface area contributed by atoms with Gasteiger partial charge in [-0.15, -0.1) is 0 Å². The van der Waals surface area contributed by atoms with Crippen molar-refractivity contribution in [1.29, 1.82) is 0 Å². The number of anilines is 1. The van der Waals surface area contributed by atoms with Gasteiger partial charge in [-0.25, -0.2) is 0 Å². The minimum atomic E-state index is -0.270. The number of nitrogens with zero attached hydrogens (tertiary/aromatic N) is 1. The molecule has 2 aromatic carbocycles. The molecule has 3 rings (SSSR count). The largest absolute Gasteiger partial charge is 0.493 e. The van der Waals surface area contributed by atoms with E-state index in [-0.39, 0.29) is 12.5 Å². The lowest BCUT2D eigenvalue weighted by atomic mass is 10.2. The second-order valence-electron chi connectivity index (χ2n) is 5.80. The highest BCUT2D eigenvalue weighted by molar-refractivity contribution is 9.10. The number of benzene rings is 2. The third-order valence-electron chi connectivity index (χ3n) is 3.77. The van der Waals surface area contributed by atoms with Crippen LogP contribution in [0.25, 0.3) is 0 Å². The van der Waals surface area contributed by atoms with Gasteiger partial charge in [0.1, 0.15) is 12.4 Å². The van der Waals surface area contributed by atoms with Gasteiger partial charge in [0.2, 0.25) is 0 Å². The summed E-state index contributed by atoms with van der Waals surface area (Å²) in [6, 6.07) is 16.2. The van der Waals surface area contributed by atoms with Crippen LogP contribution in [-0.2, 0) is 11.4 Å². The van der Waals surface area contributed by atoms with Crippen LogP contribution in [0, 0.1) is 0 Å². The van der Waals surface area contributed by atoms with Crippen LogP contribution < -0.4 is 19.5 Å². The average molecular weight is 443 g/mol. The summed E-state index contributed by atoms with van der Waals surface area (Å²) in [4.78, 5) is 16.2. The van der Waals surface area contributed by atoms with Gasteiger partial charge in [0.15, 0.2) is 18.1 Å². The normalized spacial score (nSPS) is 10.2. The summed E-state index contributed by atoms with van der Waals surface area (Å²) in [7, 11) is 1.57. The molecule has 144 valence electrons. The fraction of sp³-hybridized carbons (Fsp3) is 0.143. The molecule has 0 unspecified atom stereocenters. The maximum absolute atomic E-state index is 12.2. The zero-order valence-electron chi connectivity index (χ0n) is 15.2. The van der Waals surface area contributed by atoms with Crippen molar-refractivity contribution in [2.75, 3.05) is 19.0 Å². The second kappa shape index (κ2) is 9.75. The SMILES string of the molecule is COc1ccc(NC(=O)COc2ccc(Br)cc2)cc1OCc1ccncc1. The third kappa shape index (κ3) is 5.72. The highest BCUT2D eigenvalue weighted by Crippen LogP contribution is 2.31. The standard InChI is InChI=1S/C21H19BrN2O4/c1-26-19-7-4-17(12-20(19)28-13-15-8-10-23-11-9-15)24-21(25)14-27-18-5-2-16(22)3-6-18/h2-12H,13-14H2,1H3,(H,24,25). The van der Waals surface area contributed by atoms with Crippen molar-refractivity contribution in [3.63, 3.8) is 0 Å². The Morgan fingerprint density at radius 3 is 2.46 bits per heavy atom. The number of ether oxygens (including phenoxy) is 3. The van der Waals surface area contributed by atoms with E-state index in [0.29, 0.717) is 29.5 Å². The molecule has 0 spiro atoms. The molecule has 1 amide bonds. The third-order valence-corrected chi connectivity index (χ3v) is 4.30. The second-order valence-corrected chi connectivity index (χ2v) is 6.72. The van der Waals surface area contributed by atoms with Gasteiger partial charge in [-0.1, -0.05) is 15.9 Å². The van der Waals surface area contributed by atoms with Gasteiger partial charge in [0, 0.05) is 28.6 Å². The highest BCUT2D eigenvalue weighted by atomic mass is 79.9. The van der Waals surface area contributed by atoms with E-state index in [4.69, 9.17) is 14.2 Å². The van der Waals surface area contributed by atoms with Gasteiger partial charge in [0.25, 0.3) is 5.91 Å². The minimum Gasteiger partial charge on any atom is -0.493 e. The first-order chi connectivity index (χ1) is 13.6. The van der Waals surface area contributed by atoms with Crippen LogP contribution in [-0.4, -0.2) is 24.6 Å². The maximum Gasteiger partial charge on any atom is 0.262 e. The molecule has 6 nitrogen and oxygen atoms in total. The molecule has 0 aliphatic heterocycles. The molecule has 7 heteroatoms. The van der Waals surface area contributed by atoms with E-state index in [2.05, 4.69) is 26.2 Å². The molecular formula is C21H19BrN2O4. The van der Waals surface area contributed by atoms with E-state index in [1.54, 1.807) is 49.8 Å². The van der Waals surface area contributed by atoms with Gasteiger partial charge in [0.05, 0.1) is 7.11 Å². The monoisotopic (exact) mass is 442 g/mol.